The monoisotopic (exact) mass is 1020 g/mol. The Morgan fingerprint density at radius 1 is 0.520 bits per heavy atom. The van der Waals surface area contributed by atoms with Crippen molar-refractivity contribution >= 4 is 43.9 Å². The van der Waals surface area contributed by atoms with Crippen LogP contribution in [0.2, 0.25) is 0 Å². The van der Waals surface area contributed by atoms with Crippen molar-refractivity contribution in [1.82, 2.24) is 38.2 Å². The quantitative estimate of drug-likeness (QED) is 0.171. The standard InChI is InChI=1S/2C18H12N4O2.2Pt/c2*1-21-7-15(20-10-21)13-8-23-16-6-17-12(5-11(13)16)14(9-24-17)18-19-3-4-22(18)2;;/h2*4,6-10H,1-2H3;;/q2*-2;2*+2. The van der Waals surface area contributed by atoms with Gasteiger partial charge in [0.05, 0.1) is 58.9 Å². The zero-order valence-electron chi connectivity index (χ0n) is 26.8. The molecule has 12 nitrogen and oxygen atoms in total. The molecular weight excluding hydrogens is 999 g/mol. The second-order valence-corrected chi connectivity index (χ2v) is 11.6. The molecule has 0 saturated carbocycles. The van der Waals surface area contributed by atoms with Crippen molar-refractivity contribution in [1.29, 1.82) is 0 Å². The Hall–Kier alpha value is -5.18. The molecule has 50 heavy (non-hydrogen) atoms. The van der Waals surface area contributed by atoms with Gasteiger partial charge in [-0.1, -0.05) is 56.7 Å². The molecule has 0 atom stereocenters. The summed E-state index contributed by atoms with van der Waals surface area (Å²) in [6.45, 7) is 0. The molecule has 2 aromatic carbocycles. The molecule has 0 radical (unpaired) electrons. The van der Waals surface area contributed by atoms with E-state index in [2.05, 4.69) is 44.5 Å². The summed E-state index contributed by atoms with van der Waals surface area (Å²) in [5.41, 5.74) is 8.13. The summed E-state index contributed by atoms with van der Waals surface area (Å²) >= 11 is 0. The van der Waals surface area contributed by atoms with Crippen molar-refractivity contribution < 1.29 is 59.8 Å². The maximum Gasteiger partial charge on any atom is 2.00 e. The van der Waals surface area contributed by atoms with E-state index in [1.54, 1.807) is 50.1 Å². The summed E-state index contributed by atoms with van der Waals surface area (Å²) in [6.07, 6.45) is 23.5. The van der Waals surface area contributed by atoms with Crippen LogP contribution in [0.1, 0.15) is 0 Å². The van der Waals surface area contributed by atoms with Gasteiger partial charge in [0.2, 0.25) is 0 Å². The second-order valence-electron chi connectivity index (χ2n) is 11.6. The topological polar surface area (TPSA) is 124 Å². The third-order valence-electron chi connectivity index (χ3n) is 8.26. The first kappa shape index (κ1) is 33.3. The molecule has 10 rings (SSSR count). The van der Waals surface area contributed by atoms with Crippen molar-refractivity contribution in [2.45, 2.75) is 0 Å². The first-order valence-electron chi connectivity index (χ1n) is 14.9. The molecule has 0 aliphatic carbocycles. The Balaban J connectivity index is 0.000000151. The molecule has 0 saturated heterocycles. The largest absolute Gasteiger partial charge is 2.00 e. The average molecular weight is 1020 g/mol. The predicted molar refractivity (Wildman–Crippen MR) is 176 cm³/mol. The summed E-state index contributed by atoms with van der Waals surface area (Å²) in [6, 6.07) is 10.6. The maximum absolute atomic E-state index is 5.68. The third kappa shape index (κ3) is 5.49. The van der Waals surface area contributed by atoms with E-state index in [4.69, 9.17) is 17.7 Å². The van der Waals surface area contributed by atoms with Gasteiger partial charge < -0.3 is 45.9 Å². The molecule has 8 heterocycles. The molecule has 8 aromatic heterocycles. The molecule has 0 bridgehead atoms. The van der Waals surface area contributed by atoms with Gasteiger partial charge in [-0.25, -0.2) is 9.97 Å². The fourth-order valence-corrected chi connectivity index (χ4v) is 5.86. The van der Waals surface area contributed by atoms with E-state index in [1.807, 2.05) is 71.0 Å². The summed E-state index contributed by atoms with van der Waals surface area (Å²) < 4.78 is 30.3. The molecule has 0 spiro atoms. The van der Waals surface area contributed by atoms with Gasteiger partial charge in [-0.05, 0) is 37.4 Å². The summed E-state index contributed by atoms with van der Waals surface area (Å²) in [5.74, 6) is 1.57. The number of fused-ring (bicyclic) bond motifs is 4. The van der Waals surface area contributed by atoms with E-state index in [0.29, 0.717) is 11.2 Å². The SMILES string of the molecule is Cn1cnc(-c2coc3cc4occ(-c5n[c-]cn5C)c4[c-]c23)c1.Cn1cnc(-c2coc3cc4occ(-c5n[c-]cn5C)c4[c-]c23)c1.[Pt+2].[Pt+2]. The summed E-state index contributed by atoms with van der Waals surface area (Å²) in [7, 11) is 7.72. The number of aryl methyl sites for hydroxylation is 4. The Morgan fingerprint density at radius 3 is 1.20 bits per heavy atom. The van der Waals surface area contributed by atoms with Crippen LogP contribution in [-0.4, -0.2) is 38.2 Å². The van der Waals surface area contributed by atoms with E-state index >= 15 is 0 Å². The van der Waals surface area contributed by atoms with Crippen LogP contribution in [0.5, 0.6) is 0 Å². The molecule has 0 unspecified atom stereocenters. The summed E-state index contributed by atoms with van der Waals surface area (Å²) in [5, 5.41) is 3.48. The first-order valence-corrected chi connectivity index (χ1v) is 14.9. The molecule has 0 fully saturated rings. The fraction of sp³-hybridized carbons (Fsp3) is 0.111. The number of benzene rings is 2. The Bertz CT molecular complexity index is 2580. The van der Waals surface area contributed by atoms with Gasteiger partial charge in [-0.2, -0.15) is 0 Å². The van der Waals surface area contributed by atoms with Crippen LogP contribution >= 0.6 is 0 Å². The van der Waals surface area contributed by atoms with E-state index in [1.165, 1.54) is 0 Å². The zero-order valence-corrected chi connectivity index (χ0v) is 31.3. The number of aromatic nitrogens is 8. The second kappa shape index (κ2) is 12.9. The molecule has 0 amide bonds. The fourth-order valence-electron chi connectivity index (χ4n) is 5.86. The molecule has 0 N–H and O–H groups in total. The van der Waals surface area contributed by atoms with Gasteiger partial charge in [0, 0.05) is 39.0 Å². The number of nitrogens with zero attached hydrogens (tertiary/aromatic N) is 8. The van der Waals surface area contributed by atoms with E-state index in [9.17, 15) is 0 Å². The number of hydrogen-bond acceptors (Lipinski definition) is 8. The number of furan rings is 4. The number of imidazole rings is 4. The maximum atomic E-state index is 5.68. The molecule has 10 aromatic rings. The molecule has 0 aliphatic rings. The van der Waals surface area contributed by atoms with Crippen molar-refractivity contribution in [2.75, 3.05) is 0 Å². The molecule has 252 valence electrons. The van der Waals surface area contributed by atoms with Crippen LogP contribution in [0, 0.1) is 24.5 Å². The molecule has 14 heteroatoms. The van der Waals surface area contributed by atoms with Gasteiger partial charge in [-0.15, -0.1) is 24.5 Å². The summed E-state index contributed by atoms with van der Waals surface area (Å²) in [4.78, 5) is 17.4. The minimum atomic E-state index is 0. The first-order chi connectivity index (χ1) is 23.4. The van der Waals surface area contributed by atoms with Crippen molar-refractivity contribution in [3.05, 3.63) is 99.2 Å². The Morgan fingerprint density at radius 2 is 0.880 bits per heavy atom. The van der Waals surface area contributed by atoms with Crippen LogP contribution < -0.4 is 0 Å². The van der Waals surface area contributed by atoms with Gasteiger partial charge >= 0.3 is 42.1 Å². The van der Waals surface area contributed by atoms with Gasteiger partial charge in [0.25, 0.3) is 0 Å². The van der Waals surface area contributed by atoms with Crippen molar-refractivity contribution in [3.8, 4) is 45.3 Å². The Labute approximate surface area is 312 Å². The molecule has 0 aliphatic heterocycles. The van der Waals surface area contributed by atoms with Crippen LogP contribution in [0.3, 0.4) is 0 Å². The number of hydrogen-bond donors (Lipinski definition) is 0. The van der Waals surface area contributed by atoms with E-state index in [0.717, 1.165) is 78.0 Å². The van der Waals surface area contributed by atoms with Crippen molar-refractivity contribution in [3.63, 3.8) is 0 Å². The predicted octanol–water partition coefficient (Wildman–Crippen LogP) is 7.16. The van der Waals surface area contributed by atoms with Crippen LogP contribution in [-0.2, 0) is 70.3 Å². The van der Waals surface area contributed by atoms with Crippen LogP contribution in [0.25, 0.3) is 89.2 Å². The smallest absolute Gasteiger partial charge is 0.508 e. The van der Waals surface area contributed by atoms with Gasteiger partial charge in [0.15, 0.2) is 0 Å². The molecular formula is C36H24N8O4Pt2. The van der Waals surface area contributed by atoms with Crippen LogP contribution in [0.4, 0.5) is 0 Å². The van der Waals surface area contributed by atoms with E-state index in [-0.39, 0.29) is 42.1 Å². The van der Waals surface area contributed by atoms with Crippen LogP contribution in [0.15, 0.2) is 92.3 Å². The van der Waals surface area contributed by atoms with Gasteiger partial charge in [-0.3, -0.25) is 0 Å². The zero-order chi connectivity index (χ0) is 32.5. The third-order valence-corrected chi connectivity index (χ3v) is 8.26. The van der Waals surface area contributed by atoms with Gasteiger partial charge in [0.1, 0.15) is 0 Å². The number of rotatable bonds is 4. The Kier molecular flexibility index (Phi) is 8.62. The minimum Gasteiger partial charge on any atom is -0.508 e. The minimum absolute atomic E-state index is 0. The van der Waals surface area contributed by atoms with E-state index < -0.39 is 0 Å². The average Bonchev–Trinajstić information content (AvgIpc) is 3.91. The van der Waals surface area contributed by atoms with Crippen molar-refractivity contribution in [2.24, 2.45) is 28.2 Å². The normalized spacial score (nSPS) is 11.3.